The van der Waals surface area contributed by atoms with Gasteiger partial charge in [0.1, 0.15) is 5.54 Å². The second-order valence-corrected chi connectivity index (χ2v) is 6.68. The quantitative estimate of drug-likeness (QED) is 0.871. The molecule has 0 bridgehead atoms. The van der Waals surface area contributed by atoms with Crippen LogP contribution in [0, 0.1) is 0 Å². The third-order valence-electron chi connectivity index (χ3n) is 3.19. The number of carbonyl (C=O) groups is 1. The number of hydrogen-bond acceptors (Lipinski definition) is 4. The summed E-state index contributed by atoms with van der Waals surface area (Å²) in [5.74, 6) is -1.20. The first-order chi connectivity index (χ1) is 9.36. The predicted octanol–water partition coefficient (Wildman–Crippen LogP) is 1.25. The van der Waals surface area contributed by atoms with Gasteiger partial charge in [-0.25, -0.2) is 8.42 Å². The van der Waals surface area contributed by atoms with Crippen LogP contribution in [0.2, 0.25) is 5.02 Å². The van der Waals surface area contributed by atoms with E-state index >= 15 is 0 Å². The van der Waals surface area contributed by atoms with Gasteiger partial charge in [-0.2, -0.15) is 4.72 Å². The van der Waals surface area contributed by atoms with Gasteiger partial charge < -0.3 is 9.84 Å². The number of nitrogens with one attached hydrogen (secondary N) is 1. The molecule has 0 aromatic heterocycles. The molecule has 1 aromatic rings. The zero-order valence-electron chi connectivity index (χ0n) is 10.5. The Balaban J connectivity index is 2.32. The van der Waals surface area contributed by atoms with E-state index in [1.807, 2.05) is 0 Å². The minimum Gasteiger partial charge on any atom is -0.480 e. The molecule has 1 heterocycles. The van der Waals surface area contributed by atoms with E-state index in [4.69, 9.17) is 16.3 Å². The number of hydrogen-bond donors (Lipinski definition) is 2. The van der Waals surface area contributed by atoms with Crippen LogP contribution < -0.4 is 4.72 Å². The predicted molar refractivity (Wildman–Crippen MR) is 72.2 cm³/mol. The number of halogens is 1. The molecule has 0 saturated carbocycles. The van der Waals surface area contributed by atoms with Crippen LogP contribution in [0.25, 0.3) is 0 Å². The normalized spacial score (nSPS) is 18.6. The molecule has 0 atom stereocenters. The lowest BCUT2D eigenvalue weighted by Crippen LogP contribution is -2.57. The van der Waals surface area contributed by atoms with Crippen molar-refractivity contribution in [1.29, 1.82) is 0 Å². The molecule has 2 N–H and O–H groups in total. The highest BCUT2D eigenvalue weighted by molar-refractivity contribution is 7.89. The maximum absolute atomic E-state index is 12.3. The van der Waals surface area contributed by atoms with E-state index in [9.17, 15) is 18.3 Å². The molecule has 0 aliphatic carbocycles. The summed E-state index contributed by atoms with van der Waals surface area (Å²) in [5.41, 5.74) is -1.53. The number of sulfonamides is 1. The van der Waals surface area contributed by atoms with E-state index in [0.717, 1.165) is 0 Å². The monoisotopic (exact) mass is 319 g/mol. The summed E-state index contributed by atoms with van der Waals surface area (Å²) < 4.78 is 32.0. The Kier molecular flexibility index (Phi) is 4.33. The zero-order chi connectivity index (χ0) is 14.8. The largest absolute Gasteiger partial charge is 0.480 e. The molecule has 6 nitrogen and oxygen atoms in total. The first-order valence-electron chi connectivity index (χ1n) is 5.96. The van der Waals surface area contributed by atoms with Gasteiger partial charge in [0, 0.05) is 31.1 Å². The van der Waals surface area contributed by atoms with Gasteiger partial charge >= 0.3 is 5.97 Å². The molecule has 0 amide bonds. The Labute approximate surface area is 121 Å². The highest BCUT2D eigenvalue weighted by Crippen LogP contribution is 2.25. The van der Waals surface area contributed by atoms with Crippen LogP contribution in [-0.2, 0) is 19.6 Å². The fraction of sp³-hybridized carbons (Fsp3) is 0.417. The summed E-state index contributed by atoms with van der Waals surface area (Å²) in [6.07, 6.45) is 0.171. The lowest BCUT2D eigenvalue weighted by atomic mass is 9.92. The molecule has 2 rings (SSSR count). The second kappa shape index (κ2) is 5.69. The van der Waals surface area contributed by atoms with Crippen LogP contribution >= 0.6 is 11.6 Å². The van der Waals surface area contributed by atoms with Gasteiger partial charge in [-0.3, -0.25) is 4.79 Å². The van der Waals surface area contributed by atoms with Crippen molar-refractivity contribution in [2.45, 2.75) is 23.3 Å². The van der Waals surface area contributed by atoms with Crippen LogP contribution in [0.5, 0.6) is 0 Å². The summed E-state index contributed by atoms with van der Waals surface area (Å²) in [6, 6.07) is 5.68. The number of aliphatic carboxylic acids is 1. The smallest absolute Gasteiger partial charge is 0.325 e. The number of benzene rings is 1. The number of ether oxygens (including phenoxy) is 1. The topological polar surface area (TPSA) is 92.7 Å². The average molecular weight is 320 g/mol. The van der Waals surface area contributed by atoms with E-state index in [2.05, 4.69) is 4.72 Å². The Morgan fingerprint density at radius 1 is 1.35 bits per heavy atom. The number of carboxylic acid groups (broad SMARTS) is 1. The average Bonchev–Trinajstić information content (AvgIpc) is 2.39. The van der Waals surface area contributed by atoms with Gasteiger partial charge in [0.25, 0.3) is 0 Å². The first kappa shape index (κ1) is 15.2. The summed E-state index contributed by atoms with van der Waals surface area (Å²) in [4.78, 5) is 11.4. The van der Waals surface area contributed by atoms with E-state index < -0.39 is 21.5 Å². The molecule has 1 aliphatic rings. The number of carboxylic acids is 1. The maximum Gasteiger partial charge on any atom is 0.325 e. The minimum atomic E-state index is -3.96. The molecule has 1 aromatic carbocycles. The van der Waals surface area contributed by atoms with Gasteiger partial charge in [0.05, 0.1) is 4.90 Å². The van der Waals surface area contributed by atoms with Gasteiger partial charge in [-0.15, -0.1) is 0 Å². The molecule has 0 unspecified atom stereocenters. The maximum atomic E-state index is 12.3. The van der Waals surface area contributed by atoms with Crippen molar-refractivity contribution in [1.82, 2.24) is 4.72 Å². The SMILES string of the molecule is O=C(O)C1(NS(=O)(=O)c2cccc(Cl)c2)CCOCC1. The van der Waals surface area contributed by atoms with Crippen molar-refractivity contribution in [2.24, 2.45) is 0 Å². The van der Waals surface area contributed by atoms with Crippen LogP contribution in [0.4, 0.5) is 0 Å². The fourth-order valence-corrected chi connectivity index (χ4v) is 3.75. The van der Waals surface area contributed by atoms with Gasteiger partial charge in [0.15, 0.2) is 0 Å². The molecule has 20 heavy (non-hydrogen) atoms. The Bertz CT molecular complexity index is 610. The molecule has 1 saturated heterocycles. The van der Waals surface area contributed by atoms with Crippen LogP contribution in [0.15, 0.2) is 29.2 Å². The molecule has 0 spiro atoms. The van der Waals surface area contributed by atoms with Crippen LogP contribution in [-0.4, -0.2) is 38.2 Å². The first-order valence-corrected chi connectivity index (χ1v) is 7.83. The molecule has 1 aliphatic heterocycles. The van der Waals surface area contributed by atoms with Crippen molar-refractivity contribution in [2.75, 3.05) is 13.2 Å². The zero-order valence-corrected chi connectivity index (χ0v) is 12.1. The summed E-state index contributed by atoms with van der Waals surface area (Å²) in [5, 5.41) is 9.61. The van der Waals surface area contributed by atoms with Gasteiger partial charge in [-0.1, -0.05) is 17.7 Å². The summed E-state index contributed by atoms with van der Waals surface area (Å²) >= 11 is 5.76. The number of rotatable bonds is 4. The minimum absolute atomic E-state index is 0.0582. The van der Waals surface area contributed by atoms with E-state index in [0.29, 0.717) is 0 Å². The molecule has 0 radical (unpaired) electrons. The van der Waals surface area contributed by atoms with Crippen LogP contribution in [0.1, 0.15) is 12.8 Å². The summed E-state index contributed by atoms with van der Waals surface area (Å²) in [7, 11) is -3.96. The molecule has 1 fully saturated rings. The van der Waals surface area contributed by atoms with Gasteiger partial charge in [-0.05, 0) is 18.2 Å². The van der Waals surface area contributed by atoms with Crippen molar-refractivity contribution in [3.8, 4) is 0 Å². The third kappa shape index (κ3) is 3.12. The van der Waals surface area contributed by atoms with Crippen molar-refractivity contribution in [3.05, 3.63) is 29.3 Å². The van der Waals surface area contributed by atoms with Crippen molar-refractivity contribution >= 4 is 27.6 Å². The van der Waals surface area contributed by atoms with E-state index in [-0.39, 0.29) is 36.0 Å². The standard InChI is InChI=1S/C12H14ClNO5S/c13-9-2-1-3-10(8-9)20(17,18)14-12(11(15)16)4-6-19-7-5-12/h1-3,8,14H,4-7H2,(H,15,16). The molecular formula is C12H14ClNO5S. The molecular weight excluding hydrogens is 306 g/mol. The fourth-order valence-electron chi connectivity index (χ4n) is 2.03. The summed E-state index contributed by atoms with van der Waals surface area (Å²) in [6.45, 7) is 0.398. The highest BCUT2D eigenvalue weighted by atomic mass is 35.5. The Morgan fingerprint density at radius 3 is 2.55 bits per heavy atom. The van der Waals surface area contributed by atoms with E-state index in [1.54, 1.807) is 6.07 Å². The Hall–Kier alpha value is -1.15. The van der Waals surface area contributed by atoms with Gasteiger partial charge in [0.2, 0.25) is 10.0 Å². The third-order valence-corrected chi connectivity index (χ3v) is 4.96. The lowest BCUT2D eigenvalue weighted by Gasteiger charge is -2.33. The second-order valence-electron chi connectivity index (χ2n) is 4.56. The van der Waals surface area contributed by atoms with Crippen molar-refractivity contribution in [3.63, 3.8) is 0 Å². The highest BCUT2D eigenvalue weighted by Gasteiger charge is 2.43. The van der Waals surface area contributed by atoms with Crippen molar-refractivity contribution < 1.29 is 23.1 Å². The van der Waals surface area contributed by atoms with E-state index in [1.165, 1.54) is 18.2 Å². The molecule has 110 valence electrons. The molecule has 8 heteroatoms. The Morgan fingerprint density at radius 2 is 2.00 bits per heavy atom. The van der Waals surface area contributed by atoms with Crippen LogP contribution in [0.3, 0.4) is 0 Å². The lowest BCUT2D eigenvalue weighted by molar-refractivity contribution is -0.147.